The Bertz CT molecular complexity index is 3910. The van der Waals surface area contributed by atoms with Gasteiger partial charge in [-0.25, -0.2) is 0 Å². The highest BCUT2D eigenvalue weighted by Gasteiger charge is 2.45. The molecule has 1 aliphatic carbocycles. The third kappa shape index (κ3) is 8.50. The molecule has 0 spiro atoms. The molecule has 2 aliphatic heterocycles. The van der Waals surface area contributed by atoms with Gasteiger partial charge in [-0.3, -0.25) is 0 Å². The first-order valence-electron chi connectivity index (χ1n) is 28.4. The minimum absolute atomic E-state index is 0.0191. The van der Waals surface area contributed by atoms with E-state index in [1.54, 1.807) is 0 Å². The zero-order valence-electron chi connectivity index (χ0n) is 47.8. The number of fused-ring (bicyclic) bond motifs is 7. The molecule has 10 aromatic rings. The molecule has 0 bridgehead atoms. The van der Waals surface area contributed by atoms with E-state index in [0.29, 0.717) is 0 Å². The SMILES string of the molecule is CC(C)(C)c1ccc(N(c2ccc(C(C)(C)C)cc2)c2ccc3c(c2)B2c4cc(-c5ccccc5)ccc4N(c4ccc(-c5ccccc5)cc4)c4cc(C(C)(C)C)cc(c42)N3c2ccc3c(c2)C(C)(C)c2ccccc2-3)cc1. The highest BCUT2D eigenvalue weighted by atomic mass is 15.2. The summed E-state index contributed by atoms with van der Waals surface area (Å²) >= 11 is 0. The molecule has 10 aromatic carbocycles. The normalized spacial score (nSPS) is 14.0. The molecule has 388 valence electrons. The van der Waals surface area contributed by atoms with Gasteiger partial charge in [-0.05, 0) is 179 Å². The van der Waals surface area contributed by atoms with Crippen molar-refractivity contribution in [3.05, 3.63) is 252 Å². The lowest BCUT2D eigenvalue weighted by Crippen LogP contribution is -2.61. The van der Waals surface area contributed by atoms with Crippen molar-refractivity contribution in [3.8, 4) is 33.4 Å². The van der Waals surface area contributed by atoms with Crippen molar-refractivity contribution in [2.24, 2.45) is 0 Å². The number of anilines is 9. The first-order valence-corrected chi connectivity index (χ1v) is 28.4. The number of hydrogen-bond acceptors (Lipinski definition) is 3. The van der Waals surface area contributed by atoms with Crippen LogP contribution in [0, 0.1) is 0 Å². The molecule has 0 unspecified atom stereocenters. The van der Waals surface area contributed by atoms with Gasteiger partial charge in [0.15, 0.2) is 0 Å². The van der Waals surface area contributed by atoms with E-state index in [9.17, 15) is 0 Å². The Balaban J connectivity index is 1.10. The van der Waals surface area contributed by atoms with Crippen molar-refractivity contribution in [2.45, 2.75) is 97.8 Å². The summed E-state index contributed by atoms with van der Waals surface area (Å²) in [4.78, 5) is 7.66. The van der Waals surface area contributed by atoms with Crippen LogP contribution in [0.1, 0.15) is 104 Å². The molecule has 4 heteroatoms. The second kappa shape index (κ2) is 18.4. The lowest BCUT2D eigenvalue weighted by atomic mass is 9.33. The van der Waals surface area contributed by atoms with Crippen LogP contribution >= 0.6 is 0 Å². The van der Waals surface area contributed by atoms with Gasteiger partial charge in [0.05, 0.1) is 0 Å². The molecule has 3 nitrogen and oxygen atoms in total. The molecule has 0 saturated heterocycles. The smallest absolute Gasteiger partial charge is 0.252 e. The molecule has 0 saturated carbocycles. The molecule has 0 N–H and O–H groups in total. The van der Waals surface area contributed by atoms with Gasteiger partial charge in [0.2, 0.25) is 0 Å². The fourth-order valence-corrected chi connectivity index (χ4v) is 12.9. The van der Waals surface area contributed by atoms with Crippen molar-refractivity contribution < 1.29 is 0 Å². The number of benzene rings is 10. The highest BCUT2D eigenvalue weighted by Crippen LogP contribution is 2.53. The van der Waals surface area contributed by atoms with Crippen molar-refractivity contribution in [1.82, 2.24) is 0 Å². The Labute approximate surface area is 470 Å². The molecular weight excluding hydrogens is 954 g/mol. The Morgan fingerprint density at radius 1 is 0.342 bits per heavy atom. The summed E-state index contributed by atoms with van der Waals surface area (Å²) < 4.78 is 0. The Morgan fingerprint density at radius 2 is 0.785 bits per heavy atom. The number of hydrogen-bond donors (Lipinski definition) is 0. The van der Waals surface area contributed by atoms with Gasteiger partial charge in [0.1, 0.15) is 0 Å². The van der Waals surface area contributed by atoms with Gasteiger partial charge in [-0.1, -0.05) is 216 Å². The van der Waals surface area contributed by atoms with E-state index in [4.69, 9.17) is 0 Å². The van der Waals surface area contributed by atoms with Crippen LogP contribution < -0.4 is 31.1 Å². The van der Waals surface area contributed by atoms with Crippen molar-refractivity contribution in [3.63, 3.8) is 0 Å². The highest BCUT2D eigenvalue weighted by molar-refractivity contribution is 7.00. The van der Waals surface area contributed by atoms with E-state index in [0.717, 1.165) is 28.4 Å². The van der Waals surface area contributed by atoms with Crippen LogP contribution in [0.25, 0.3) is 33.4 Å². The summed E-state index contributed by atoms with van der Waals surface area (Å²) in [6, 6.07) is 85.3. The van der Waals surface area contributed by atoms with Gasteiger partial charge in [0, 0.05) is 56.6 Å². The summed E-state index contributed by atoms with van der Waals surface area (Å²) in [6.07, 6.45) is 0. The first kappa shape index (κ1) is 50.2. The van der Waals surface area contributed by atoms with Gasteiger partial charge in [0.25, 0.3) is 6.71 Å². The maximum atomic E-state index is 2.62. The third-order valence-electron chi connectivity index (χ3n) is 17.3. The second-order valence-corrected chi connectivity index (χ2v) is 25.9. The average Bonchev–Trinajstić information content (AvgIpc) is 3.32. The van der Waals surface area contributed by atoms with Crippen LogP contribution in [-0.4, -0.2) is 6.71 Å². The number of rotatable bonds is 7. The predicted molar refractivity (Wildman–Crippen MR) is 340 cm³/mol. The molecule has 0 fully saturated rings. The second-order valence-electron chi connectivity index (χ2n) is 25.9. The Morgan fingerprint density at radius 3 is 1.35 bits per heavy atom. The summed E-state index contributed by atoms with van der Waals surface area (Å²) in [7, 11) is 0. The maximum Gasteiger partial charge on any atom is 0.252 e. The van der Waals surface area contributed by atoms with Gasteiger partial charge in [-0.15, -0.1) is 0 Å². The van der Waals surface area contributed by atoms with Gasteiger partial charge in [-0.2, -0.15) is 0 Å². The van der Waals surface area contributed by atoms with Crippen LogP contribution in [-0.2, 0) is 21.7 Å². The van der Waals surface area contributed by atoms with Crippen molar-refractivity contribution in [1.29, 1.82) is 0 Å². The minimum atomic E-state index is -0.180. The molecule has 79 heavy (non-hydrogen) atoms. The standard InChI is InChI=1S/C75H70BN3/c1-72(2,3)53-29-35-56(36-30-53)77(57-37-31-54(32-38-57)73(4,5)6)60-40-43-68-66(48-60)76-65-44-52(50-22-16-13-17-23-50)28-42-67(65)78(58-33-26-51(27-34-58)49-20-14-12-15-21-49)69-45-55(74(7,8)9)46-70(71(69)76)79(68)59-39-41-62-61-24-18-19-25-63(61)75(10,11)64(62)47-59/h12-48H,1-11H3. The monoisotopic (exact) mass is 1020 g/mol. The fourth-order valence-electron chi connectivity index (χ4n) is 12.9. The molecular formula is C75H70BN3. The quantitative estimate of drug-likeness (QED) is 0.147. The topological polar surface area (TPSA) is 9.72 Å². The van der Waals surface area contributed by atoms with Gasteiger partial charge >= 0.3 is 0 Å². The van der Waals surface area contributed by atoms with Crippen LogP contribution in [0.3, 0.4) is 0 Å². The third-order valence-corrected chi connectivity index (χ3v) is 17.3. The maximum absolute atomic E-state index is 2.62. The van der Waals surface area contributed by atoms with Crippen molar-refractivity contribution >= 4 is 74.3 Å². The Kier molecular flexibility index (Phi) is 11.7. The molecule has 0 radical (unpaired) electrons. The molecule has 13 rings (SSSR count). The summed E-state index contributed by atoms with van der Waals surface area (Å²) in [5, 5.41) is 0. The van der Waals surface area contributed by atoms with Crippen molar-refractivity contribution in [2.75, 3.05) is 14.7 Å². The predicted octanol–water partition coefficient (Wildman–Crippen LogP) is 18.8. The minimum Gasteiger partial charge on any atom is -0.311 e. The summed E-state index contributed by atoms with van der Waals surface area (Å²) in [6.45, 7) is 25.5. The summed E-state index contributed by atoms with van der Waals surface area (Å²) in [5.41, 5.74) is 28.1. The number of nitrogens with zero attached hydrogens (tertiary/aromatic N) is 3. The largest absolute Gasteiger partial charge is 0.311 e. The molecule has 3 aliphatic rings. The first-order chi connectivity index (χ1) is 37.8. The lowest BCUT2D eigenvalue weighted by Gasteiger charge is -2.45. The van der Waals surface area contributed by atoms with Crippen LogP contribution in [0.2, 0.25) is 0 Å². The summed E-state index contributed by atoms with van der Waals surface area (Å²) in [5.74, 6) is 0. The molecule has 0 amide bonds. The van der Waals surface area contributed by atoms with E-state index in [2.05, 4.69) is 315 Å². The van der Waals surface area contributed by atoms with E-state index in [-0.39, 0.29) is 28.4 Å². The zero-order chi connectivity index (χ0) is 54.8. The van der Waals surface area contributed by atoms with Crippen LogP contribution in [0.5, 0.6) is 0 Å². The van der Waals surface area contributed by atoms with E-state index in [1.165, 1.54) is 100 Å². The molecule has 0 atom stereocenters. The lowest BCUT2D eigenvalue weighted by molar-refractivity contribution is 0.590. The Hall–Kier alpha value is -8.34. The van der Waals surface area contributed by atoms with E-state index < -0.39 is 0 Å². The fraction of sp³-hybridized carbons (Fsp3) is 0.200. The van der Waals surface area contributed by atoms with E-state index >= 15 is 0 Å². The van der Waals surface area contributed by atoms with Gasteiger partial charge < -0.3 is 14.7 Å². The molecule has 2 heterocycles. The average molecular weight is 1020 g/mol. The van der Waals surface area contributed by atoms with Crippen LogP contribution in [0.4, 0.5) is 51.2 Å². The zero-order valence-corrected chi connectivity index (χ0v) is 47.8. The van der Waals surface area contributed by atoms with E-state index in [1.807, 2.05) is 0 Å². The molecule has 0 aromatic heterocycles. The van der Waals surface area contributed by atoms with Crippen LogP contribution in [0.15, 0.2) is 224 Å².